The standard InChI is InChI=1S/C13H15NO/c1-3-14-13-8-11(10-4-5-10)6-7-12(13)9(2)15/h3,6-8,10H,4-5H2,1-2H3. The summed E-state index contributed by atoms with van der Waals surface area (Å²) < 4.78 is 0. The van der Waals surface area contributed by atoms with Gasteiger partial charge in [0.25, 0.3) is 0 Å². The highest BCUT2D eigenvalue weighted by Crippen LogP contribution is 2.41. The van der Waals surface area contributed by atoms with Crippen molar-refractivity contribution in [2.75, 3.05) is 0 Å². The third-order valence-electron chi connectivity index (χ3n) is 2.72. The number of aliphatic imine (C=N–C) groups is 1. The van der Waals surface area contributed by atoms with E-state index < -0.39 is 0 Å². The van der Waals surface area contributed by atoms with Crippen molar-refractivity contribution in [2.24, 2.45) is 4.99 Å². The van der Waals surface area contributed by atoms with Crippen LogP contribution >= 0.6 is 0 Å². The van der Waals surface area contributed by atoms with Crippen LogP contribution in [0.4, 0.5) is 5.69 Å². The van der Waals surface area contributed by atoms with Gasteiger partial charge in [0, 0.05) is 11.8 Å². The highest BCUT2D eigenvalue weighted by molar-refractivity contribution is 5.99. The molecule has 1 aromatic carbocycles. The number of rotatable bonds is 3. The molecule has 2 rings (SSSR count). The van der Waals surface area contributed by atoms with Gasteiger partial charge in [-0.05, 0) is 50.3 Å². The lowest BCUT2D eigenvalue weighted by Crippen LogP contribution is -1.93. The number of benzene rings is 1. The molecule has 0 bridgehead atoms. The van der Waals surface area contributed by atoms with Gasteiger partial charge in [0.2, 0.25) is 0 Å². The Kier molecular flexibility index (Phi) is 2.67. The van der Waals surface area contributed by atoms with Crippen LogP contribution in [0.2, 0.25) is 0 Å². The summed E-state index contributed by atoms with van der Waals surface area (Å²) in [4.78, 5) is 15.6. The van der Waals surface area contributed by atoms with Crippen molar-refractivity contribution in [1.29, 1.82) is 0 Å². The third-order valence-corrected chi connectivity index (χ3v) is 2.72. The first-order valence-corrected chi connectivity index (χ1v) is 5.36. The highest BCUT2D eigenvalue weighted by Gasteiger charge is 2.24. The molecule has 2 nitrogen and oxygen atoms in total. The number of hydrogen-bond acceptors (Lipinski definition) is 2. The largest absolute Gasteiger partial charge is 0.294 e. The first kappa shape index (κ1) is 10.1. The van der Waals surface area contributed by atoms with E-state index in [1.165, 1.54) is 18.4 Å². The Balaban J connectivity index is 2.43. The monoisotopic (exact) mass is 201 g/mol. The molecule has 1 aromatic rings. The summed E-state index contributed by atoms with van der Waals surface area (Å²) in [6.45, 7) is 3.45. The zero-order valence-electron chi connectivity index (χ0n) is 9.16. The molecule has 0 aromatic heterocycles. The molecule has 1 aliphatic rings. The second-order valence-corrected chi connectivity index (χ2v) is 3.99. The second-order valence-electron chi connectivity index (χ2n) is 3.99. The Bertz CT molecular complexity index is 417. The summed E-state index contributed by atoms with van der Waals surface area (Å²) in [5.74, 6) is 0.787. The second kappa shape index (κ2) is 3.97. The maximum absolute atomic E-state index is 11.4. The molecule has 0 aliphatic heterocycles. The van der Waals surface area contributed by atoms with Crippen LogP contribution in [0.3, 0.4) is 0 Å². The minimum absolute atomic E-state index is 0.0814. The average Bonchev–Trinajstić information content (AvgIpc) is 3.01. The molecule has 0 amide bonds. The number of carbonyl (C=O) groups is 1. The van der Waals surface area contributed by atoms with E-state index in [1.54, 1.807) is 13.1 Å². The van der Waals surface area contributed by atoms with Gasteiger partial charge < -0.3 is 0 Å². The molecule has 0 heterocycles. The maximum Gasteiger partial charge on any atom is 0.161 e. The molecule has 2 heteroatoms. The molecule has 0 atom stereocenters. The fourth-order valence-corrected chi connectivity index (χ4v) is 1.76. The Hall–Kier alpha value is -1.44. The molecule has 0 unspecified atom stereocenters. The fraction of sp³-hybridized carbons (Fsp3) is 0.385. The quantitative estimate of drug-likeness (QED) is 0.543. The Labute approximate surface area is 90.0 Å². The molecule has 0 radical (unpaired) electrons. The summed E-state index contributed by atoms with van der Waals surface area (Å²) in [5, 5.41) is 0. The van der Waals surface area contributed by atoms with Gasteiger partial charge in [0.05, 0.1) is 5.69 Å². The van der Waals surface area contributed by atoms with Crippen LogP contribution in [-0.2, 0) is 0 Å². The number of ketones is 1. The molecule has 0 N–H and O–H groups in total. The minimum Gasteiger partial charge on any atom is -0.294 e. The molecule has 1 saturated carbocycles. The van der Waals surface area contributed by atoms with Crippen molar-refractivity contribution in [2.45, 2.75) is 32.6 Å². The van der Waals surface area contributed by atoms with Crippen molar-refractivity contribution in [3.05, 3.63) is 29.3 Å². The Morgan fingerprint density at radius 1 is 1.47 bits per heavy atom. The van der Waals surface area contributed by atoms with Crippen molar-refractivity contribution >= 4 is 17.7 Å². The van der Waals surface area contributed by atoms with Crippen LogP contribution < -0.4 is 0 Å². The molecule has 1 aliphatic carbocycles. The molecule has 78 valence electrons. The SMILES string of the molecule is CC=Nc1cc(C2CC2)ccc1C(C)=O. The van der Waals surface area contributed by atoms with E-state index >= 15 is 0 Å². The number of carbonyl (C=O) groups excluding carboxylic acids is 1. The van der Waals surface area contributed by atoms with Crippen LogP contribution in [0, 0.1) is 0 Å². The van der Waals surface area contributed by atoms with E-state index in [1.807, 2.05) is 13.0 Å². The number of hydrogen-bond donors (Lipinski definition) is 0. The molecule has 0 saturated heterocycles. The van der Waals surface area contributed by atoms with Gasteiger partial charge in [-0.1, -0.05) is 6.07 Å². The lowest BCUT2D eigenvalue weighted by molar-refractivity contribution is 0.101. The Morgan fingerprint density at radius 3 is 2.73 bits per heavy atom. The predicted octanol–water partition coefficient (Wildman–Crippen LogP) is 3.49. The van der Waals surface area contributed by atoms with Crippen LogP contribution in [0.15, 0.2) is 23.2 Å². The first-order chi connectivity index (χ1) is 7.22. The zero-order chi connectivity index (χ0) is 10.8. The van der Waals surface area contributed by atoms with Crippen LogP contribution in [0.25, 0.3) is 0 Å². The predicted molar refractivity (Wildman–Crippen MR) is 62.2 cm³/mol. The normalized spacial score (nSPS) is 15.9. The van der Waals surface area contributed by atoms with Crippen LogP contribution in [-0.4, -0.2) is 12.0 Å². The van der Waals surface area contributed by atoms with Gasteiger partial charge in [-0.2, -0.15) is 0 Å². The number of nitrogens with zero attached hydrogens (tertiary/aromatic N) is 1. The summed E-state index contributed by atoms with van der Waals surface area (Å²) in [6.07, 6.45) is 4.28. The summed E-state index contributed by atoms with van der Waals surface area (Å²) in [7, 11) is 0. The van der Waals surface area contributed by atoms with E-state index in [-0.39, 0.29) is 5.78 Å². The van der Waals surface area contributed by atoms with Gasteiger partial charge in [0.15, 0.2) is 5.78 Å². The Morgan fingerprint density at radius 2 is 2.20 bits per heavy atom. The van der Waals surface area contributed by atoms with Crippen molar-refractivity contribution in [3.8, 4) is 0 Å². The van der Waals surface area contributed by atoms with Gasteiger partial charge >= 0.3 is 0 Å². The highest BCUT2D eigenvalue weighted by atomic mass is 16.1. The molecular weight excluding hydrogens is 186 g/mol. The number of Topliss-reactive ketones (excluding diaryl/α,β-unsaturated/α-hetero) is 1. The zero-order valence-corrected chi connectivity index (χ0v) is 9.16. The summed E-state index contributed by atoms with van der Waals surface area (Å²) in [5.41, 5.74) is 2.85. The van der Waals surface area contributed by atoms with E-state index in [9.17, 15) is 4.79 Å². The lowest BCUT2D eigenvalue weighted by Gasteiger charge is -2.04. The lowest BCUT2D eigenvalue weighted by atomic mass is 10.0. The van der Waals surface area contributed by atoms with Gasteiger partial charge in [-0.3, -0.25) is 9.79 Å². The van der Waals surface area contributed by atoms with E-state index in [0.717, 1.165) is 11.3 Å². The topological polar surface area (TPSA) is 29.4 Å². The third kappa shape index (κ3) is 2.14. The van der Waals surface area contributed by atoms with Crippen molar-refractivity contribution in [3.63, 3.8) is 0 Å². The molecule has 0 spiro atoms. The van der Waals surface area contributed by atoms with E-state index in [0.29, 0.717) is 5.92 Å². The molecule has 1 fully saturated rings. The van der Waals surface area contributed by atoms with Crippen LogP contribution in [0.1, 0.15) is 48.5 Å². The summed E-state index contributed by atoms with van der Waals surface area (Å²) in [6, 6.07) is 6.01. The van der Waals surface area contributed by atoms with Gasteiger partial charge in [-0.25, -0.2) is 0 Å². The average molecular weight is 201 g/mol. The maximum atomic E-state index is 11.4. The summed E-state index contributed by atoms with van der Waals surface area (Å²) >= 11 is 0. The van der Waals surface area contributed by atoms with E-state index in [2.05, 4.69) is 17.1 Å². The van der Waals surface area contributed by atoms with Crippen molar-refractivity contribution < 1.29 is 4.79 Å². The minimum atomic E-state index is 0.0814. The fourth-order valence-electron chi connectivity index (χ4n) is 1.76. The molecular formula is C13H15NO. The van der Waals surface area contributed by atoms with E-state index in [4.69, 9.17) is 0 Å². The van der Waals surface area contributed by atoms with Gasteiger partial charge in [0.1, 0.15) is 0 Å². The van der Waals surface area contributed by atoms with Gasteiger partial charge in [-0.15, -0.1) is 0 Å². The molecule has 15 heavy (non-hydrogen) atoms. The smallest absolute Gasteiger partial charge is 0.161 e. The first-order valence-electron chi connectivity index (χ1n) is 5.36. The van der Waals surface area contributed by atoms with Crippen LogP contribution in [0.5, 0.6) is 0 Å². The van der Waals surface area contributed by atoms with Crippen molar-refractivity contribution in [1.82, 2.24) is 0 Å².